The molecule has 104 valence electrons. The van der Waals surface area contributed by atoms with Crippen LogP contribution in [0.3, 0.4) is 0 Å². The van der Waals surface area contributed by atoms with Crippen LogP contribution in [-0.4, -0.2) is 27.1 Å². The van der Waals surface area contributed by atoms with E-state index in [1.54, 1.807) is 31.2 Å². The fourth-order valence-electron chi connectivity index (χ4n) is 1.67. The van der Waals surface area contributed by atoms with Gasteiger partial charge in [-0.1, -0.05) is 23.4 Å². The van der Waals surface area contributed by atoms with Gasteiger partial charge in [0.1, 0.15) is 0 Å². The van der Waals surface area contributed by atoms with Crippen molar-refractivity contribution in [2.24, 2.45) is 0 Å². The lowest BCUT2D eigenvalue weighted by atomic mass is 10.1. The summed E-state index contributed by atoms with van der Waals surface area (Å²) in [5.41, 5.74) is 1.28. The van der Waals surface area contributed by atoms with Crippen molar-refractivity contribution < 1.29 is 19.2 Å². The highest BCUT2D eigenvalue weighted by Crippen LogP contribution is 2.17. The Morgan fingerprint density at radius 2 is 2.10 bits per heavy atom. The van der Waals surface area contributed by atoms with Gasteiger partial charge < -0.3 is 14.9 Å². The van der Waals surface area contributed by atoms with E-state index in [0.29, 0.717) is 18.0 Å². The SMILES string of the molecule is Cc1nc(C(=O)Nc2ccccc2CCC(=O)O)no1. The van der Waals surface area contributed by atoms with E-state index in [1.807, 2.05) is 0 Å². The van der Waals surface area contributed by atoms with Gasteiger partial charge >= 0.3 is 5.97 Å². The third-order valence-corrected chi connectivity index (χ3v) is 2.60. The molecule has 1 aromatic heterocycles. The maximum Gasteiger partial charge on any atom is 0.303 e. The average Bonchev–Trinajstić information content (AvgIpc) is 2.84. The van der Waals surface area contributed by atoms with Crippen molar-refractivity contribution in [3.8, 4) is 0 Å². The van der Waals surface area contributed by atoms with Crippen LogP contribution in [0.5, 0.6) is 0 Å². The van der Waals surface area contributed by atoms with Gasteiger partial charge in [0, 0.05) is 19.0 Å². The van der Waals surface area contributed by atoms with Crippen molar-refractivity contribution in [1.82, 2.24) is 10.1 Å². The summed E-state index contributed by atoms with van der Waals surface area (Å²) in [6.45, 7) is 1.59. The van der Waals surface area contributed by atoms with Crippen molar-refractivity contribution in [2.45, 2.75) is 19.8 Å². The number of hydrogen-bond acceptors (Lipinski definition) is 5. The number of para-hydroxylation sites is 1. The Hall–Kier alpha value is -2.70. The van der Waals surface area contributed by atoms with Crippen molar-refractivity contribution in [1.29, 1.82) is 0 Å². The number of nitrogens with one attached hydrogen (secondary N) is 1. The molecule has 0 fully saturated rings. The summed E-state index contributed by atoms with van der Waals surface area (Å²) in [5, 5.41) is 14.9. The number of carboxylic acid groups (broad SMARTS) is 1. The van der Waals surface area contributed by atoms with E-state index in [-0.39, 0.29) is 12.2 Å². The number of aliphatic carboxylic acids is 1. The molecule has 20 heavy (non-hydrogen) atoms. The van der Waals surface area contributed by atoms with Gasteiger partial charge in [0.25, 0.3) is 11.7 Å². The molecule has 1 aromatic carbocycles. The lowest BCUT2D eigenvalue weighted by Gasteiger charge is -2.08. The number of rotatable bonds is 5. The molecule has 0 spiro atoms. The van der Waals surface area contributed by atoms with Crippen LogP contribution >= 0.6 is 0 Å². The van der Waals surface area contributed by atoms with Crippen molar-refractivity contribution in [2.75, 3.05) is 5.32 Å². The van der Waals surface area contributed by atoms with E-state index in [2.05, 4.69) is 15.5 Å². The maximum absolute atomic E-state index is 11.9. The number of aryl methyl sites for hydroxylation is 2. The molecule has 2 rings (SSSR count). The highest BCUT2D eigenvalue weighted by Gasteiger charge is 2.14. The molecular formula is C13H13N3O4. The van der Waals surface area contributed by atoms with Crippen LogP contribution in [0.25, 0.3) is 0 Å². The minimum atomic E-state index is -0.889. The molecule has 1 heterocycles. The molecule has 0 radical (unpaired) electrons. The van der Waals surface area contributed by atoms with Crippen LogP contribution < -0.4 is 5.32 Å². The Bertz CT molecular complexity index is 636. The summed E-state index contributed by atoms with van der Waals surface area (Å²) >= 11 is 0. The molecule has 0 aliphatic carbocycles. The second-order valence-corrected chi connectivity index (χ2v) is 4.14. The third-order valence-electron chi connectivity index (χ3n) is 2.60. The van der Waals surface area contributed by atoms with Crippen molar-refractivity contribution in [3.05, 3.63) is 41.5 Å². The van der Waals surface area contributed by atoms with Gasteiger partial charge in [-0.3, -0.25) is 9.59 Å². The molecule has 2 N–H and O–H groups in total. The van der Waals surface area contributed by atoms with Gasteiger partial charge in [-0.05, 0) is 18.1 Å². The first kappa shape index (κ1) is 13.7. The molecule has 7 nitrogen and oxygen atoms in total. The molecule has 0 saturated heterocycles. The van der Waals surface area contributed by atoms with Crippen molar-refractivity contribution >= 4 is 17.6 Å². The highest BCUT2D eigenvalue weighted by molar-refractivity contribution is 6.01. The van der Waals surface area contributed by atoms with E-state index in [0.717, 1.165) is 5.56 Å². The average molecular weight is 275 g/mol. The van der Waals surface area contributed by atoms with Gasteiger partial charge in [-0.15, -0.1) is 0 Å². The monoisotopic (exact) mass is 275 g/mol. The maximum atomic E-state index is 11.9. The van der Waals surface area contributed by atoms with Gasteiger partial charge in [0.2, 0.25) is 5.89 Å². The quantitative estimate of drug-likeness (QED) is 0.859. The summed E-state index contributed by atoms with van der Waals surface area (Å²) in [4.78, 5) is 26.3. The Morgan fingerprint density at radius 1 is 1.35 bits per heavy atom. The molecule has 0 aliphatic heterocycles. The van der Waals surface area contributed by atoms with Crippen LogP contribution in [0.4, 0.5) is 5.69 Å². The van der Waals surface area contributed by atoms with Crippen LogP contribution in [0.2, 0.25) is 0 Å². The number of anilines is 1. The standard InChI is InChI=1S/C13H13N3O4/c1-8-14-12(16-20-8)13(19)15-10-5-3-2-4-9(10)6-7-11(17)18/h2-5H,6-7H2,1H3,(H,15,19)(H,17,18). The topological polar surface area (TPSA) is 105 Å². The molecule has 7 heteroatoms. The smallest absolute Gasteiger partial charge is 0.303 e. The zero-order valence-corrected chi connectivity index (χ0v) is 10.8. The first-order chi connectivity index (χ1) is 9.56. The molecule has 0 unspecified atom stereocenters. The summed E-state index contributed by atoms with van der Waals surface area (Å²) < 4.78 is 4.73. The van der Waals surface area contributed by atoms with Crippen LogP contribution in [0, 0.1) is 6.92 Å². The fraction of sp³-hybridized carbons (Fsp3) is 0.231. The number of carbonyl (C=O) groups excluding carboxylic acids is 1. The number of benzene rings is 1. The van der Waals surface area contributed by atoms with Gasteiger partial charge in [0.05, 0.1) is 0 Å². The molecule has 0 saturated carbocycles. The zero-order chi connectivity index (χ0) is 14.5. The molecule has 2 aromatic rings. The minimum absolute atomic E-state index is 0.00575. The normalized spacial score (nSPS) is 10.2. The van der Waals surface area contributed by atoms with Crippen molar-refractivity contribution in [3.63, 3.8) is 0 Å². The Morgan fingerprint density at radius 3 is 2.75 bits per heavy atom. The van der Waals surface area contributed by atoms with Crippen LogP contribution in [0.15, 0.2) is 28.8 Å². The van der Waals surface area contributed by atoms with Gasteiger partial charge in [0.15, 0.2) is 0 Å². The molecule has 0 atom stereocenters. The Kier molecular flexibility index (Phi) is 4.09. The van der Waals surface area contributed by atoms with Gasteiger partial charge in [-0.2, -0.15) is 4.98 Å². The minimum Gasteiger partial charge on any atom is -0.481 e. The predicted molar refractivity (Wildman–Crippen MR) is 69.4 cm³/mol. The Balaban J connectivity index is 2.12. The number of carbonyl (C=O) groups is 2. The summed E-state index contributed by atoms with van der Waals surface area (Å²) in [7, 11) is 0. The van der Waals surface area contributed by atoms with E-state index in [9.17, 15) is 9.59 Å². The first-order valence-electron chi connectivity index (χ1n) is 5.97. The summed E-state index contributed by atoms with van der Waals surface area (Å²) in [5.74, 6) is -1.14. The number of amides is 1. The highest BCUT2D eigenvalue weighted by atomic mass is 16.5. The van der Waals surface area contributed by atoms with Gasteiger partial charge in [-0.25, -0.2) is 0 Å². The number of hydrogen-bond donors (Lipinski definition) is 2. The summed E-state index contributed by atoms with van der Waals surface area (Å²) in [6, 6.07) is 6.99. The molecule has 0 bridgehead atoms. The number of carboxylic acids is 1. The summed E-state index contributed by atoms with van der Waals surface area (Å²) in [6.07, 6.45) is 0.325. The van der Waals surface area contributed by atoms with E-state index < -0.39 is 11.9 Å². The van der Waals surface area contributed by atoms with E-state index in [4.69, 9.17) is 9.63 Å². The van der Waals surface area contributed by atoms with E-state index >= 15 is 0 Å². The third kappa shape index (κ3) is 3.41. The fourth-order valence-corrected chi connectivity index (χ4v) is 1.67. The van der Waals surface area contributed by atoms with Crippen LogP contribution in [0.1, 0.15) is 28.5 Å². The number of nitrogens with zero attached hydrogens (tertiary/aromatic N) is 2. The molecule has 0 aliphatic rings. The molecular weight excluding hydrogens is 262 g/mol. The second-order valence-electron chi connectivity index (χ2n) is 4.14. The lowest BCUT2D eigenvalue weighted by molar-refractivity contribution is -0.136. The Labute approximate surface area is 114 Å². The first-order valence-corrected chi connectivity index (χ1v) is 5.97. The van der Waals surface area contributed by atoms with E-state index in [1.165, 1.54) is 0 Å². The molecule has 1 amide bonds. The predicted octanol–water partition coefficient (Wildman–Crippen LogP) is 1.65. The lowest BCUT2D eigenvalue weighted by Crippen LogP contribution is -2.15. The largest absolute Gasteiger partial charge is 0.481 e. The second kappa shape index (κ2) is 5.96. The number of aromatic nitrogens is 2. The zero-order valence-electron chi connectivity index (χ0n) is 10.8. The van der Waals surface area contributed by atoms with Crippen LogP contribution in [-0.2, 0) is 11.2 Å².